The minimum Gasteiger partial charge on any atom is -0.466 e. The molecular formula is C11H11NO. The van der Waals surface area contributed by atoms with E-state index in [-0.39, 0.29) is 0 Å². The minimum absolute atomic E-state index is 0.832. The highest BCUT2D eigenvalue weighted by molar-refractivity contribution is 5.20. The highest BCUT2D eigenvalue weighted by Gasteiger charge is 2.00. The van der Waals surface area contributed by atoms with Crippen molar-refractivity contribution in [1.29, 1.82) is 0 Å². The number of rotatable bonds is 2. The molecule has 1 N–H and O–H groups in total. The number of benzene rings is 1. The maximum absolute atomic E-state index is 5.30. The molecule has 0 atom stereocenters. The number of ether oxygens (including phenoxy) is 1. The Labute approximate surface area is 77.5 Å². The van der Waals surface area contributed by atoms with E-state index in [2.05, 4.69) is 17.4 Å². The van der Waals surface area contributed by atoms with Crippen molar-refractivity contribution in [3.8, 4) is 0 Å². The van der Waals surface area contributed by atoms with E-state index in [0.717, 1.165) is 12.2 Å². The molecule has 0 aromatic heterocycles. The van der Waals surface area contributed by atoms with E-state index in [0.29, 0.717) is 0 Å². The first-order valence-electron chi connectivity index (χ1n) is 4.26. The van der Waals surface area contributed by atoms with Crippen molar-refractivity contribution in [3.05, 3.63) is 60.3 Å². The van der Waals surface area contributed by atoms with Gasteiger partial charge >= 0.3 is 0 Å². The molecule has 2 rings (SSSR count). The summed E-state index contributed by atoms with van der Waals surface area (Å²) < 4.78 is 5.30. The van der Waals surface area contributed by atoms with Gasteiger partial charge in [-0.25, -0.2) is 0 Å². The summed E-state index contributed by atoms with van der Waals surface area (Å²) >= 11 is 0. The summed E-state index contributed by atoms with van der Waals surface area (Å²) in [6.07, 6.45) is 6.11. The Morgan fingerprint density at radius 3 is 2.69 bits per heavy atom. The minimum atomic E-state index is 0.832. The van der Waals surface area contributed by atoms with Crippen LogP contribution in [-0.2, 0) is 11.2 Å². The van der Waals surface area contributed by atoms with Crippen LogP contribution in [0.3, 0.4) is 0 Å². The van der Waals surface area contributed by atoms with Gasteiger partial charge in [-0.2, -0.15) is 0 Å². The zero-order valence-corrected chi connectivity index (χ0v) is 7.23. The summed E-state index contributed by atoms with van der Waals surface area (Å²) in [5.74, 6) is 0.939. The van der Waals surface area contributed by atoms with E-state index in [4.69, 9.17) is 4.74 Å². The van der Waals surface area contributed by atoms with Crippen molar-refractivity contribution in [3.63, 3.8) is 0 Å². The molecule has 0 fully saturated rings. The molecule has 0 bridgehead atoms. The van der Waals surface area contributed by atoms with Gasteiger partial charge in [0.2, 0.25) is 0 Å². The highest BCUT2D eigenvalue weighted by Crippen LogP contribution is 2.10. The Morgan fingerprint density at radius 1 is 1.15 bits per heavy atom. The summed E-state index contributed by atoms with van der Waals surface area (Å²) in [5, 5.41) is 2.99. The van der Waals surface area contributed by atoms with Gasteiger partial charge in [-0.15, -0.1) is 0 Å². The molecule has 0 saturated carbocycles. The number of allylic oxidation sites excluding steroid dienone is 1. The Morgan fingerprint density at radius 2 is 2.00 bits per heavy atom. The summed E-state index contributed by atoms with van der Waals surface area (Å²) in [7, 11) is 0. The molecule has 66 valence electrons. The molecule has 1 aromatic carbocycles. The Bertz CT molecular complexity index is 327. The first-order valence-corrected chi connectivity index (χ1v) is 4.26. The molecule has 2 heteroatoms. The molecule has 1 heterocycles. The van der Waals surface area contributed by atoms with Crippen LogP contribution in [0.25, 0.3) is 0 Å². The van der Waals surface area contributed by atoms with E-state index in [1.54, 1.807) is 12.5 Å². The van der Waals surface area contributed by atoms with Crippen LogP contribution in [0, 0.1) is 0 Å². The molecular weight excluding hydrogens is 162 g/mol. The SMILES string of the molecule is C1=COC(Cc2ccccc2)=CN1. The lowest BCUT2D eigenvalue weighted by Crippen LogP contribution is -2.04. The normalized spacial score (nSPS) is 14.3. The number of hydrogen-bond donors (Lipinski definition) is 1. The topological polar surface area (TPSA) is 21.3 Å². The number of hydrogen-bond acceptors (Lipinski definition) is 2. The fourth-order valence-corrected chi connectivity index (χ4v) is 1.23. The average Bonchev–Trinajstić information content (AvgIpc) is 2.21. The summed E-state index contributed by atoms with van der Waals surface area (Å²) in [4.78, 5) is 0. The van der Waals surface area contributed by atoms with E-state index in [1.807, 2.05) is 24.4 Å². The van der Waals surface area contributed by atoms with Crippen molar-refractivity contribution < 1.29 is 4.74 Å². The second-order valence-electron chi connectivity index (χ2n) is 2.86. The van der Waals surface area contributed by atoms with Gasteiger partial charge < -0.3 is 10.1 Å². The van der Waals surface area contributed by atoms with Crippen LogP contribution in [0.4, 0.5) is 0 Å². The predicted molar refractivity (Wildman–Crippen MR) is 51.6 cm³/mol. The van der Waals surface area contributed by atoms with Crippen LogP contribution >= 0.6 is 0 Å². The first-order chi connectivity index (χ1) is 6.45. The Hall–Kier alpha value is -1.70. The van der Waals surface area contributed by atoms with E-state index < -0.39 is 0 Å². The zero-order chi connectivity index (χ0) is 8.93. The fraction of sp³-hybridized carbons (Fsp3) is 0.0909. The van der Waals surface area contributed by atoms with E-state index in [9.17, 15) is 0 Å². The molecule has 1 aliphatic heterocycles. The second-order valence-corrected chi connectivity index (χ2v) is 2.86. The van der Waals surface area contributed by atoms with Crippen LogP contribution in [0.5, 0.6) is 0 Å². The van der Waals surface area contributed by atoms with Gasteiger partial charge in [0.25, 0.3) is 0 Å². The van der Waals surface area contributed by atoms with E-state index >= 15 is 0 Å². The fourth-order valence-electron chi connectivity index (χ4n) is 1.23. The third-order valence-corrected chi connectivity index (χ3v) is 1.85. The molecule has 0 aliphatic carbocycles. The molecule has 0 saturated heterocycles. The third-order valence-electron chi connectivity index (χ3n) is 1.85. The summed E-state index contributed by atoms with van der Waals surface area (Å²) in [6, 6.07) is 10.2. The molecule has 0 radical (unpaired) electrons. The maximum atomic E-state index is 5.30. The molecule has 1 aliphatic rings. The van der Waals surface area contributed by atoms with Gasteiger partial charge in [-0.3, -0.25) is 0 Å². The molecule has 0 unspecified atom stereocenters. The lowest BCUT2D eigenvalue weighted by atomic mass is 10.1. The Kier molecular flexibility index (Phi) is 2.32. The summed E-state index contributed by atoms with van der Waals surface area (Å²) in [5.41, 5.74) is 1.26. The molecule has 1 aromatic rings. The van der Waals surface area contributed by atoms with Crippen LogP contribution in [0.2, 0.25) is 0 Å². The van der Waals surface area contributed by atoms with Crippen LogP contribution in [0.15, 0.2) is 54.8 Å². The number of nitrogens with one attached hydrogen (secondary N) is 1. The highest BCUT2D eigenvalue weighted by atomic mass is 16.5. The predicted octanol–water partition coefficient (Wildman–Crippen LogP) is 2.16. The first kappa shape index (κ1) is 7.92. The zero-order valence-electron chi connectivity index (χ0n) is 7.23. The van der Waals surface area contributed by atoms with Gasteiger partial charge in [-0.1, -0.05) is 30.3 Å². The summed E-state index contributed by atoms with van der Waals surface area (Å²) in [6.45, 7) is 0. The van der Waals surface area contributed by atoms with Crippen molar-refractivity contribution in [2.45, 2.75) is 6.42 Å². The third kappa shape index (κ3) is 2.12. The molecule has 13 heavy (non-hydrogen) atoms. The van der Waals surface area contributed by atoms with Crippen LogP contribution in [0.1, 0.15) is 5.56 Å². The van der Waals surface area contributed by atoms with Crippen molar-refractivity contribution >= 4 is 0 Å². The van der Waals surface area contributed by atoms with Crippen LogP contribution in [-0.4, -0.2) is 0 Å². The van der Waals surface area contributed by atoms with Gasteiger partial charge in [0.05, 0.1) is 0 Å². The quantitative estimate of drug-likeness (QED) is 0.740. The van der Waals surface area contributed by atoms with Crippen molar-refractivity contribution in [2.75, 3.05) is 0 Å². The smallest absolute Gasteiger partial charge is 0.124 e. The standard InChI is InChI=1S/C11H11NO/c1-2-4-10(5-3-1)8-11-9-12-6-7-13-11/h1-7,9,12H,8H2. The monoisotopic (exact) mass is 173 g/mol. The molecule has 0 amide bonds. The molecule has 0 spiro atoms. The van der Waals surface area contributed by atoms with Gasteiger partial charge in [0.15, 0.2) is 0 Å². The Balaban J connectivity index is 2.02. The van der Waals surface area contributed by atoms with Gasteiger partial charge in [0.1, 0.15) is 12.0 Å². The maximum Gasteiger partial charge on any atom is 0.124 e. The lowest BCUT2D eigenvalue weighted by molar-refractivity contribution is 0.328. The average molecular weight is 173 g/mol. The van der Waals surface area contributed by atoms with Crippen molar-refractivity contribution in [1.82, 2.24) is 5.32 Å². The largest absolute Gasteiger partial charge is 0.466 e. The van der Waals surface area contributed by atoms with E-state index in [1.165, 1.54) is 5.56 Å². The lowest BCUT2D eigenvalue weighted by Gasteiger charge is -2.10. The molecule has 2 nitrogen and oxygen atoms in total. The van der Waals surface area contributed by atoms with Crippen molar-refractivity contribution in [2.24, 2.45) is 0 Å². The second kappa shape index (κ2) is 3.81. The van der Waals surface area contributed by atoms with Crippen LogP contribution < -0.4 is 5.32 Å². The van der Waals surface area contributed by atoms with Gasteiger partial charge in [0, 0.05) is 18.8 Å². The van der Waals surface area contributed by atoms with Gasteiger partial charge in [-0.05, 0) is 5.56 Å².